The molecule has 2 aromatic carbocycles. The number of aliphatic hydroxyl groups excluding tert-OH is 1. The highest BCUT2D eigenvalue weighted by Gasteiger charge is 2.39. The molecule has 0 aliphatic carbocycles. The number of amides is 1. The van der Waals surface area contributed by atoms with Crippen LogP contribution in [0.4, 0.5) is 13.2 Å². The lowest BCUT2D eigenvalue weighted by atomic mass is 10.0. The molecule has 7 heteroatoms. The minimum Gasteiger partial charge on any atom is -0.508 e. The number of hydrogen-bond donors (Lipinski definition) is 2. The molecule has 0 aliphatic rings. The molecule has 1 amide bonds. The van der Waals surface area contributed by atoms with Crippen molar-refractivity contribution in [3.05, 3.63) is 42.0 Å². The Morgan fingerprint density at radius 1 is 1.26 bits per heavy atom. The average Bonchev–Trinajstić information content (AvgIpc) is 2.49. The van der Waals surface area contributed by atoms with Crippen molar-refractivity contribution >= 4 is 16.7 Å². The lowest BCUT2D eigenvalue weighted by molar-refractivity contribution is -0.206. The third-order valence-electron chi connectivity index (χ3n) is 3.53. The zero-order valence-electron chi connectivity index (χ0n) is 12.3. The molecule has 0 bridgehead atoms. The van der Waals surface area contributed by atoms with Gasteiger partial charge in [-0.25, -0.2) is 0 Å². The Kier molecular flexibility index (Phi) is 4.79. The second-order valence-electron chi connectivity index (χ2n) is 5.11. The van der Waals surface area contributed by atoms with Crippen LogP contribution in [0.3, 0.4) is 0 Å². The predicted molar refractivity (Wildman–Crippen MR) is 79.3 cm³/mol. The molecular formula is C16H16F3NO3. The van der Waals surface area contributed by atoms with Gasteiger partial charge in [0.2, 0.25) is 0 Å². The SMILES string of the molecule is CCN(CC(O)C(F)(F)F)C(=O)c1cccc2cc(O)ccc12. The van der Waals surface area contributed by atoms with Gasteiger partial charge in [0.05, 0.1) is 6.54 Å². The Morgan fingerprint density at radius 2 is 1.96 bits per heavy atom. The zero-order valence-corrected chi connectivity index (χ0v) is 12.3. The van der Waals surface area contributed by atoms with E-state index >= 15 is 0 Å². The fraction of sp³-hybridized carbons (Fsp3) is 0.312. The highest BCUT2D eigenvalue weighted by atomic mass is 19.4. The summed E-state index contributed by atoms with van der Waals surface area (Å²) < 4.78 is 37.5. The van der Waals surface area contributed by atoms with Gasteiger partial charge >= 0.3 is 6.18 Å². The van der Waals surface area contributed by atoms with Gasteiger partial charge in [-0.3, -0.25) is 4.79 Å². The Balaban J connectivity index is 2.35. The molecule has 1 unspecified atom stereocenters. The standard InChI is InChI=1S/C16H16F3NO3/c1-2-20(9-14(22)16(17,18)19)15(23)13-5-3-4-10-8-11(21)6-7-12(10)13/h3-8,14,21-22H,2,9H2,1H3. The van der Waals surface area contributed by atoms with Gasteiger partial charge in [0.1, 0.15) is 5.75 Å². The molecule has 1 atom stereocenters. The van der Waals surface area contributed by atoms with E-state index in [-0.39, 0.29) is 17.9 Å². The molecule has 0 radical (unpaired) electrons. The molecule has 23 heavy (non-hydrogen) atoms. The number of phenols is 1. The van der Waals surface area contributed by atoms with Gasteiger partial charge in [0.15, 0.2) is 6.10 Å². The van der Waals surface area contributed by atoms with Gasteiger partial charge in [-0.15, -0.1) is 0 Å². The molecule has 0 saturated carbocycles. The van der Waals surface area contributed by atoms with Crippen molar-refractivity contribution in [3.63, 3.8) is 0 Å². The number of halogens is 3. The summed E-state index contributed by atoms with van der Waals surface area (Å²) in [6.07, 6.45) is -7.37. The van der Waals surface area contributed by atoms with Crippen LogP contribution in [0.15, 0.2) is 36.4 Å². The summed E-state index contributed by atoms with van der Waals surface area (Å²) in [7, 11) is 0. The van der Waals surface area contributed by atoms with Crippen molar-refractivity contribution in [2.45, 2.75) is 19.2 Å². The van der Waals surface area contributed by atoms with Gasteiger partial charge < -0.3 is 15.1 Å². The van der Waals surface area contributed by atoms with Crippen LogP contribution in [0.1, 0.15) is 17.3 Å². The fourth-order valence-corrected chi connectivity index (χ4v) is 2.30. The van der Waals surface area contributed by atoms with E-state index in [1.165, 1.54) is 31.2 Å². The van der Waals surface area contributed by atoms with E-state index in [4.69, 9.17) is 0 Å². The molecular weight excluding hydrogens is 311 g/mol. The van der Waals surface area contributed by atoms with Gasteiger partial charge in [-0.2, -0.15) is 13.2 Å². The monoisotopic (exact) mass is 327 g/mol. The predicted octanol–water partition coefficient (Wildman–Crippen LogP) is 2.93. The van der Waals surface area contributed by atoms with E-state index in [0.29, 0.717) is 10.8 Å². The van der Waals surface area contributed by atoms with Gasteiger partial charge in [0, 0.05) is 12.1 Å². The second kappa shape index (κ2) is 6.45. The number of likely N-dealkylation sites (N-methyl/N-ethyl adjacent to an activating group) is 1. The minimum absolute atomic E-state index is 0.0282. The number of aromatic hydroxyl groups is 1. The van der Waals surface area contributed by atoms with Crippen molar-refractivity contribution in [1.29, 1.82) is 0 Å². The van der Waals surface area contributed by atoms with E-state index in [0.717, 1.165) is 4.90 Å². The van der Waals surface area contributed by atoms with E-state index in [9.17, 15) is 28.2 Å². The van der Waals surface area contributed by atoms with Crippen LogP contribution in [0.2, 0.25) is 0 Å². The summed E-state index contributed by atoms with van der Waals surface area (Å²) in [5.74, 6) is -0.575. The number of hydrogen-bond acceptors (Lipinski definition) is 3. The Labute approximate surface area is 130 Å². The van der Waals surface area contributed by atoms with Crippen molar-refractivity contribution in [2.24, 2.45) is 0 Å². The second-order valence-corrected chi connectivity index (χ2v) is 5.11. The highest BCUT2D eigenvalue weighted by molar-refractivity contribution is 6.07. The number of phenolic OH excluding ortho intramolecular Hbond substituents is 1. The molecule has 2 aromatic rings. The van der Waals surface area contributed by atoms with E-state index in [2.05, 4.69) is 0 Å². The highest BCUT2D eigenvalue weighted by Crippen LogP contribution is 2.25. The van der Waals surface area contributed by atoms with Crippen molar-refractivity contribution in [2.75, 3.05) is 13.1 Å². The molecule has 0 saturated heterocycles. The van der Waals surface area contributed by atoms with Crippen LogP contribution in [0.25, 0.3) is 10.8 Å². The van der Waals surface area contributed by atoms with E-state index < -0.39 is 24.7 Å². The molecule has 4 nitrogen and oxygen atoms in total. The van der Waals surface area contributed by atoms with E-state index in [1.54, 1.807) is 12.1 Å². The Morgan fingerprint density at radius 3 is 2.57 bits per heavy atom. The average molecular weight is 327 g/mol. The Hall–Kier alpha value is -2.28. The Bertz CT molecular complexity index is 715. The van der Waals surface area contributed by atoms with Gasteiger partial charge in [-0.05, 0) is 42.0 Å². The molecule has 0 aromatic heterocycles. The van der Waals surface area contributed by atoms with Crippen molar-refractivity contribution in [3.8, 4) is 5.75 Å². The number of carbonyl (C=O) groups is 1. The van der Waals surface area contributed by atoms with Gasteiger partial charge in [-0.1, -0.05) is 12.1 Å². The normalized spacial score (nSPS) is 13.1. The molecule has 2 rings (SSSR count). The summed E-state index contributed by atoms with van der Waals surface area (Å²) in [5.41, 5.74) is 0.221. The molecule has 0 fully saturated rings. The number of fused-ring (bicyclic) bond motifs is 1. The lowest BCUT2D eigenvalue weighted by Crippen LogP contribution is -2.43. The molecule has 0 heterocycles. The molecule has 0 spiro atoms. The maximum absolute atomic E-state index is 12.5. The van der Waals surface area contributed by atoms with Crippen LogP contribution in [-0.4, -0.2) is 46.4 Å². The first-order valence-corrected chi connectivity index (χ1v) is 7.00. The summed E-state index contributed by atoms with van der Waals surface area (Å²) in [5, 5.41) is 19.8. The lowest BCUT2D eigenvalue weighted by Gasteiger charge is -2.25. The summed E-state index contributed by atoms with van der Waals surface area (Å²) >= 11 is 0. The van der Waals surface area contributed by atoms with Crippen molar-refractivity contribution in [1.82, 2.24) is 4.90 Å². The minimum atomic E-state index is -4.78. The largest absolute Gasteiger partial charge is 0.508 e. The first kappa shape index (κ1) is 17.1. The topological polar surface area (TPSA) is 60.8 Å². The van der Waals surface area contributed by atoms with Crippen LogP contribution < -0.4 is 0 Å². The summed E-state index contributed by atoms with van der Waals surface area (Å²) in [6.45, 7) is 0.742. The third-order valence-corrected chi connectivity index (χ3v) is 3.53. The number of carbonyl (C=O) groups excluding carboxylic acids is 1. The molecule has 2 N–H and O–H groups in total. The first-order chi connectivity index (χ1) is 10.7. The van der Waals surface area contributed by atoms with E-state index in [1.807, 2.05) is 0 Å². The number of rotatable bonds is 4. The summed E-state index contributed by atoms with van der Waals surface area (Å²) in [4.78, 5) is 13.5. The zero-order chi connectivity index (χ0) is 17.2. The van der Waals surface area contributed by atoms with Gasteiger partial charge in [0.25, 0.3) is 5.91 Å². The quantitative estimate of drug-likeness (QED) is 0.908. The fourth-order valence-electron chi connectivity index (χ4n) is 2.30. The maximum Gasteiger partial charge on any atom is 0.416 e. The first-order valence-electron chi connectivity index (χ1n) is 7.00. The van der Waals surface area contributed by atoms with Crippen molar-refractivity contribution < 1.29 is 28.2 Å². The number of benzene rings is 2. The summed E-state index contributed by atoms with van der Waals surface area (Å²) in [6, 6.07) is 9.18. The third kappa shape index (κ3) is 3.73. The smallest absolute Gasteiger partial charge is 0.416 e. The van der Waals surface area contributed by atoms with Crippen LogP contribution in [-0.2, 0) is 0 Å². The molecule has 124 valence electrons. The number of alkyl halides is 3. The number of nitrogens with zero attached hydrogens (tertiary/aromatic N) is 1. The number of aliphatic hydroxyl groups is 1. The van der Waals surface area contributed by atoms with Crippen LogP contribution in [0.5, 0.6) is 5.75 Å². The molecule has 0 aliphatic heterocycles. The maximum atomic E-state index is 12.5. The van der Waals surface area contributed by atoms with Crippen LogP contribution >= 0.6 is 0 Å². The van der Waals surface area contributed by atoms with Crippen LogP contribution in [0, 0.1) is 0 Å².